The lowest BCUT2D eigenvalue weighted by atomic mass is 9.71. The highest BCUT2D eigenvalue weighted by molar-refractivity contribution is 5.84. The summed E-state index contributed by atoms with van der Waals surface area (Å²) >= 11 is 0. The molecular weight excluding hydrogens is 360 g/mol. The van der Waals surface area contributed by atoms with Crippen molar-refractivity contribution in [1.29, 1.82) is 0 Å². The van der Waals surface area contributed by atoms with E-state index < -0.39 is 0 Å². The van der Waals surface area contributed by atoms with Gasteiger partial charge in [-0.3, -0.25) is 9.69 Å². The summed E-state index contributed by atoms with van der Waals surface area (Å²) in [7, 11) is 0. The van der Waals surface area contributed by atoms with E-state index in [0.29, 0.717) is 24.4 Å². The number of anilines is 1. The summed E-state index contributed by atoms with van der Waals surface area (Å²) in [6, 6.07) is 15.0. The Bertz CT molecular complexity index is 881. The van der Waals surface area contributed by atoms with Crippen LogP contribution in [-0.4, -0.2) is 34.4 Å². The standard InChI is InChI=1S/C24H30N4O/c1-2-24(23(29)27-17-19-11-6-14-26-22(19)25)16-20-12-13-21(24)28(20)15-7-10-18-8-4-3-5-9-18/h3-11,14,20-21H,2,12-13,15-17H2,1H3,(H2,25,26)(H,27,29)/t20-,21+,24+/m0/s1. The number of nitrogen functional groups attached to an aromatic ring is 1. The molecule has 3 N–H and O–H groups in total. The molecule has 3 heterocycles. The summed E-state index contributed by atoms with van der Waals surface area (Å²) in [5, 5.41) is 3.16. The summed E-state index contributed by atoms with van der Waals surface area (Å²) in [4.78, 5) is 20.0. The van der Waals surface area contributed by atoms with Crippen molar-refractivity contribution < 1.29 is 4.79 Å². The molecule has 0 aliphatic carbocycles. The molecule has 2 aliphatic rings. The van der Waals surface area contributed by atoms with Crippen molar-refractivity contribution in [2.24, 2.45) is 5.41 Å². The zero-order valence-corrected chi connectivity index (χ0v) is 17.1. The number of carbonyl (C=O) groups is 1. The zero-order chi connectivity index (χ0) is 20.3. The van der Waals surface area contributed by atoms with Crippen LogP contribution in [0.1, 0.15) is 43.7 Å². The van der Waals surface area contributed by atoms with Gasteiger partial charge in [0.05, 0.1) is 5.41 Å². The second-order valence-electron chi connectivity index (χ2n) is 8.20. The number of benzene rings is 1. The van der Waals surface area contributed by atoms with Crippen LogP contribution in [0.2, 0.25) is 0 Å². The average molecular weight is 391 g/mol. The van der Waals surface area contributed by atoms with E-state index in [9.17, 15) is 4.79 Å². The van der Waals surface area contributed by atoms with Gasteiger partial charge in [-0.05, 0) is 37.3 Å². The van der Waals surface area contributed by atoms with Gasteiger partial charge in [-0.25, -0.2) is 4.98 Å². The number of amides is 1. The summed E-state index contributed by atoms with van der Waals surface area (Å²) < 4.78 is 0. The van der Waals surface area contributed by atoms with Crippen LogP contribution in [0.3, 0.4) is 0 Å². The number of nitrogens with two attached hydrogens (primary N) is 1. The smallest absolute Gasteiger partial charge is 0.228 e. The van der Waals surface area contributed by atoms with E-state index in [1.54, 1.807) is 6.20 Å². The van der Waals surface area contributed by atoms with E-state index in [-0.39, 0.29) is 11.3 Å². The number of rotatable bonds is 7. The molecule has 5 nitrogen and oxygen atoms in total. The minimum Gasteiger partial charge on any atom is -0.383 e. The summed E-state index contributed by atoms with van der Waals surface area (Å²) in [5.74, 6) is 0.645. The molecule has 0 saturated carbocycles. The van der Waals surface area contributed by atoms with E-state index in [2.05, 4.69) is 58.5 Å². The zero-order valence-electron chi connectivity index (χ0n) is 17.1. The molecule has 1 aromatic heterocycles. The maximum atomic E-state index is 13.3. The quantitative estimate of drug-likeness (QED) is 0.757. The van der Waals surface area contributed by atoms with Crippen LogP contribution in [-0.2, 0) is 11.3 Å². The average Bonchev–Trinajstić information content (AvgIpc) is 3.29. The van der Waals surface area contributed by atoms with Gasteiger partial charge in [0, 0.05) is 36.9 Å². The Morgan fingerprint density at radius 2 is 2.10 bits per heavy atom. The molecule has 1 amide bonds. The number of carbonyl (C=O) groups excluding carboxylic acids is 1. The van der Waals surface area contributed by atoms with Gasteiger partial charge in [-0.1, -0.05) is 55.5 Å². The molecule has 4 rings (SSSR count). The van der Waals surface area contributed by atoms with Gasteiger partial charge in [0.2, 0.25) is 5.91 Å². The first kappa shape index (κ1) is 19.6. The van der Waals surface area contributed by atoms with Crippen molar-refractivity contribution in [2.45, 2.75) is 51.2 Å². The van der Waals surface area contributed by atoms with Gasteiger partial charge in [-0.15, -0.1) is 0 Å². The van der Waals surface area contributed by atoms with Gasteiger partial charge in [0.25, 0.3) is 0 Å². The van der Waals surface area contributed by atoms with Crippen LogP contribution in [0.15, 0.2) is 54.7 Å². The molecule has 5 heteroatoms. The first-order valence-corrected chi connectivity index (χ1v) is 10.6. The molecule has 0 unspecified atom stereocenters. The fourth-order valence-corrected chi connectivity index (χ4v) is 5.19. The molecule has 2 bridgehead atoms. The molecule has 29 heavy (non-hydrogen) atoms. The van der Waals surface area contributed by atoms with E-state index in [1.807, 2.05) is 18.2 Å². The Balaban J connectivity index is 1.43. The molecule has 2 fully saturated rings. The number of pyridine rings is 1. The predicted molar refractivity (Wildman–Crippen MR) is 117 cm³/mol. The molecule has 2 aliphatic heterocycles. The number of nitrogens with one attached hydrogen (secondary N) is 1. The van der Waals surface area contributed by atoms with Crippen molar-refractivity contribution >= 4 is 17.8 Å². The second-order valence-corrected chi connectivity index (χ2v) is 8.20. The van der Waals surface area contributed by atoms with Gasteiger partial charge in [0.15, 0.2) is 0 Å². The molecule has 1 aromatic carbocycles. The maximum Gasteiger partial charge on any atom is 0.228 e. The highest BCUT2D eigenvalue weighted by atomic mass is 16.2. The topological polar surface area (TPSA) is 71.2 Å². The molecule has 2 saturated heterocycles. The molecule has 152 valence electrons. The normalized spacial score (nSPS) is 26.2. The van der Waals surface area contributed by atoms with Crippen molar-refractivity contribution in [3.05, 3.63) is 65.9 Å². The highest BCUT2D eigenvalue weighted by Crippen LogP contribution is 2.51. The molecule has 0 spiro atoms. The molecular formula is C24H30N4O. The second kappa shape index (κ2) is 8.37. The number of hydrogen-bond acceptors (Lipinski definition) is 4. The van der Waals surface area contributed by atoms with Gasteiger partial charge in [-0.2, -0.15) is 0 Å². The summed E-state index contributed by atoms with van der Waals surface area (Å²) in [6.07, 6.45) is 10.2. The van der Waals surface area contributed by atoms with Crippen LogP contribution < -0.4 is 11.1 Å². The van der Waals surface area contributed by atoms with Crippen molar-refractivity contribution in [3.8, 4) is 0 Å². The van der Waals surface area contributed by atoms with E-state index in [1.165, 1.54) is 12.0 Å². The third-order valence-electron chi connectivity index (χ3n) is 6.76. The minimum absolute atomic E-state index is 0.160. The van der Waals surface area contributed by atoms with Crippen molar-refractivity contribution in [1.82, 2.24) is 15.2 Å². The maximum absolute atomic E-state index is 13.3. The lowest BCUT2D eigenvalue weighted by Gasteiger charge is -2.35. The Kier molecular flexibility index (Phi) is 5.67. The molecule has 2 aromatic rings. The van der Waals surface area contributed by atoms with Crippen LogP contribution in [0.5, 0.6) is 0 Å². The summed E-state index contributed by atoms with van der Waals surface area (Å²) in [6.45, 7) is 3.48. The van der Waals surface area contributed by atoms with Crippen LogP contribution in [0.25, 0.3) is 6.08 Å². The van der Waals surface area contributed by atoms with Crippen molar-refractivity contribution in [2.75, 3.05) is 12.3 Å². The number of hydrogen-bond donors (Lipinski definition) is 2. The molecule has 3 atom stereocenters. The van der Waals surface area contributed by atoms with E-state index >= 15 is 0 Å². The van der Waals surface area contributed by atoms with Crippen LogP contribution in [0, 0.1) is 5.41 Å². The van der Waals surface area contributed by atoms with E-state index in [0.717, 1.165) is 31.4 Å². The fraction of sp³-hybridized carbons (Fsp3) is 0.417. The third kappa shape index (κ3) is 3.79. The Morgan fingerprint density at radius 1 is 1.28 bits per heavy atom. The highest BCUT2D eigenvalue weighted by Gasteiger charge is 2.58. The number of fused-ring (bicyclic) bond motifs is 2. The lowest BCUT2D eigenvalue weighted by Crippen LogP contribution is -2.48. The fourth-order valence-electron chi connectivity index (χ4n) is 5.19. The largest absolute Gasteiger partial charge is 0.383 e. The van der Waals surface area contributed by atoms with Crippen molar-refractivity contribution in [3.63, 3.8) is 0 Å². The third-order valence-corrected chi connectivity index (χ3v) is 6.76. The first-order chi connectivity index (χ1) is 14.1. The Morgan fingerprint density at radius 3 is 2.86 bits per heavy atom. The van der Waals surface area contributed by atoms with Crippen LogP contribution in [0.4, 0.5) is 5.82 Å². The Labute approximate surface area is 173 Å². The monoisotopic (exact) mass is 390 g/mol. The van der Waals surface area contributed by atoms with Gasteiger partial charge in [0.1, 0.15) is 5.82 Å². The first-order valence-electron chi connectivity index (χ1n) is 10.6. The van der Waals surface area contributed by atoms with Crippen LogP contribution >= 0.6 is 0 Å². The van der Waals surface area contributed by atoms with E-state index in [4.69, 9.17) is 5.73 Å². The summed E-state index contributed by atoms with van der Waals surface area (Å²) in [5.41, 5.74) is 7.72. The van der Waals surface area contributed by atoms with Gasteiger partial charge < -0.3 is 11.1 Å². The minimum atomic E-state index is -0.305. The van der Waals surface area contributed by atoms with Gasteiger partial charge >= 0.3 is 0 Å². The Hall–Kier alpha value is -2.66. The number of aromatic nitrogens is 1. The lowest BCUT2D eigenvalue weighted by molar-refractivity contribution is -0.133. The predicted octanol–water partition coefficient (Wildman–Crippen LogP) is 3.63. The SMILES string of the molecule is CC[C@@]1(C(=O)NCc2cccnc2N)C[C@@H]2CC[C@H]1N2CC=Cc1ccccc1. The molecule has 0 radical (unpaired) electrons. The number of nitrogens with zero attached hydrogens (tertiary/aromatic N) is 2.